The molecule has 0 aliphatic carbocycles. The van der Waals surface area contributed by atoms with Crippen LogP contribution in [0.3, 0.4) is 0 Å². The molecule has 0 aliphatic rings. The number of aromatic nitrogens is 2. The van der Waals surface area contributed by atoms with E-state index in [-0.39, 0.29) is 39.5 Å². The summed E-state index contributed by atoms with van der Waals surface area (Å²) in [6.07, 6.45) is 0. The lowest BCUT2D eigenvalue weighted by Crippen LogP contribution is -2.08. The van der Waals surface area contributed by atoms with Crippen molar-refractivity contribution in [1.29, 1.82) is 0 Å². The van der Waals surface area contributed by atoms with E-state index in [1.165, 1.54) is 12.1 Å². The highest BCUT2D eigenvalue weighted by atomic mass is 35.5. The lowest BCUT2D eigenvalue weighted by molar-refractivity contribution is 0.0518. The second-order valence-corrected chi connectivity index (χ2v) is 5.40. The zero-order valence-electron chi connectivity index (χ0n) is 11.2. The first kappa shape index (κ1) is 15.9. The summed E-state index contributed by atoms with van der Waals surface area (Å²) in [7, 11) is 0. The highest BCUT2D eigenvalue weighted by Gasteiger charge is 2.24. The van der Waals surface area contributed by atoms with Crippen LogP contribution in [0, 0.1) is 6.92 Å². The van der Waals surface area contributed by atoms with Gasteiger partial charge in [0.2, 0.25) is 5.88 Å². The van der Waals surface area contributed by atoms with Crippen LogP contribution in [0.15, 0.2) is 12.1 Å². The zero-order chi connectivity index (χ0) is 15.7. The molecule has 8 heteroatoms. The molecule has 2 aromatic rings. The zero-order valence-corrected chi connectivity index (χ0v) is 13.4. The van der Waals surface area contributed by atoms with E-state index in [0.717, 1.165) is 4.68 Å². The van der Waals surface area contributed by atoms with Crippen LogP contribution in [0.5, 0.6) is 5.88 Å². The topological polar surface area (TPSA) is 64.3 Å². The molecule has 0 fully saturated rings. The van der Waals surface area contributed by atoms with Crippen molar-refractivity contribution >= 4 is 40.8 Å². The van der Waals surface area contributed by atoms with Crippen LogP contribution < -0.4 is 0 Å². The maximum Gasteiger partial charge on any atom is 0.359 e. The van der Waals surface area contributed by atoms with Gasteiger partial charge in [0.05, 0.1) is 16.7 Å². The molecular weight excluding hydrogens is 339 g/mol. The Kier molecular flexibility index (Phi) is 4.66. The number of carbonyl (C=O) groups is 1. The maximum absolute atomic E-state index is 11.8. The number of nitrogens with zero attached hydrogens (tertiary/aromatic N) is 2. The van der Waals surface area contributed by atoms with Gasteiger partial charge < -0.3 is 9.84 Å². The molecule has 1 aromatic carbocycles. The Morgan fingerprint density at radius 3 is 2.43 bits per heavy atom. The Morgan fingerprint density at radius 2 is 1.90 bits per heavy atom. The molecule has 0 aliphatic heterocycles. The summed E-state index contributed by atoms with van der Waals surface area (Å²) in [6, 6.07) is 2.93. The van der Waals surface area contributed by atoms with E-state index >= 15 is 0 Å². The fourth-order valence-corrected chi connectivity index (χ4v) is 2.75. The Bertz CT molecular complexity index is 690. The van der Waals surface area contributed by atoms with Crippen molar-refractivity contribution in [2.45, 2.75) is 13.8 Å². The van der Waals surface area contributed by atoms with E-state index in [9.17, 15) is 9.90 Å². The minimum absolute atomic E-state index is 0.00330. The first-order valence-corrected chi connectivity index (χ1v) is 7.10. The molecule has 112 valence electrons. The summed E-state index contributed by atoms with van der Waals surface area (Å²) in [5, 5.41) is 14.9. The van der Waals surface area contributed by atoms with E-state index in [1.807, 2.05) is 0 Å². The number of hydrogen-bond acceptors (Lipinski definition) is 4. The number of hydrogen-bond donors (Lipinski definition) is 1. The number of benzene rings is 1. The molecule has 1 heterocycles. The summed E-state index contributed by atoms with van der Waals surface area (Å²) >= 11 is 18.0. The molecule has 0 spiro atoms. The molecule has 0 saturated heterocycles. The Morgan fingerprint density at radius 1 is 1.33 bits per heavy atom. The maximum atomic E-state index is 11.8. The van der Waals surface area contributed by atoms with Crippen LogP contribution in [0.4, 0.5) is 0 Å². The van der Waals surface area contributed by atoms with Gasteiger partial charge in [-0.25, -0.2) is 4.79 Å². The fraction of sp³-hybridized carbons (Fsp3) is 0.231. The van der Waals surface area contributed by atoms with Gasteiger partial charge in [0.15, 0.2) is 5.69 Å². The molecule has 1 N–H and O–H groups in total. The van der Waals surface area contributed by atoms with Crippen molar-refractivity contribution in [3.63, 3.8) is 0 Å². The van der Waals surface area contributed by atoms with Gasteiger partial charge in [0.25, 0.3) is 0 Å². The van der Waals surface area contributed by atoms with E-state index in [2.05, 4.69) is 5.10 Å². The predicted molar refractivity (Wildman–Crippen MR) is 81.0 cm³/mol. The molecule has 0 saturated carbocycles. The molecular formula is C13H11Cl3N2O3. The number of carbonyl (C=O) groups excluding carboxylic acids is 1. The van der Waals surface area contributed by atoms with Crippen molar-refractivity contribution in [2.75, 3.05) is 6.61 Å². The lowest BCUT2D eigenvalue weighted by atomic mass is 10.2. The van der Waals surface area contributed by atoms with Gasteiger partial charge in [0, 0.05) is 10.6 Å². The molecule has 0 amide bonds. The van der Waals surface area contributed by atoms with E-state index < -0.39 is 5.97 Å². The number of esters is 1. The average molecular weight is 350 g/mol. The van der Waals surface area contributed by atoms with Gasteiger partial charge in [0.1, 0.15) is 5.69 Å². The summed E-state index contributed by atoms with van der Waals surface area (Å²) in [4.78, 5) is 11.8. The normalized spacial score (nSPS) is 10.7. The second kappa shape index (κ2) is 6.13. The van der Waals surface area contributed by atoms with Crippen LogP contribution in [-0.4, -0.2) is 27.5 Å². The number of halogens is 3. The highest BCUT2D eigenvalue weighted by Crippen LogP contribution is 2.35. The van der Waals surface area contributed by atoms with Crippen molar-refractivity contribution in [1.82, 2.24) is 9.78 Å². The van der Waals surface area contributed by atoms with Crippen LogP contribution in [-0.2, 0) is 4.74 Å². The quantitative estimate of drug-likeness (QED) is 0.850. The first-order chi connectivity index (χ1) is 9.86. The standard InChI is InChI=1S/C13H11Cl3N2O3/c1-3-21-13(20)10-6(2)12(19)18(17-10)11-8(15)4-7(14)5-9(11)16/h4-5,19H,3H2,1-2H3. The minimum Gasteiger partial charge on any atom is -0.493 e. The Hall–Kier alpha value is -1.43. The number of aromatic hydroxyl groups is 1. The number of rotatable bonds is 3. The molecule has 1 aromatic heterocycles. The molecule has 5 nitrogen and oxygen atoms in total. The van der Waals surface area contributed by atoms with Gasteiger partial charge >= 0.3 is 5.97 Å². The molecule has 0 bridgehead atoms. The average Bonchev–Trinajstić information content (AvgIpc) is 2.67. The van der Waals surface area contributed by atoms with Crippen molar-refractivity contribution in [2.24, 2.45) is 0 Å². The first-order valence-electron chi connectivity index (χ1n) is 5.97. The fourth-order valence-electron chi connectivity index (χ4n) is 1.77. The van der Waals surface area contributed by atoms with Crippen LogP contribution in [0.25, 0.3) is 5.69 Å². The third-order valence-corrected chi connectivity index (χ3v) is 3.55. The van der Waals surface area contributed by atoms with Gasteiger partial charge in [-0.3, -0.25) is 0 Å². The van der Waals surface area contributed by atoms with Crippen LogP contribution in [0.1, 0.15) is 23.0 Å². The molecule has 21 heavy (non-hydrogen) atoms. The van der Waals surface area contributed by atoms with Gasteiger partial charge in [-0.1, -0.05) is 34.8 Å². The third-order valence-electron chi connectivity index (χ3n) is 2.75. The Balaban J connectivity index is 2.61. The minimum atomic E-state index is -0.634. The van der Waals surface area contributed by atoms with Gasteiger partial charge in [-0.2, -0.15) is 9.78 Å². The largest absolute Gasteiger partial charge is 0.493 e. The Labute approximate surface area is 136 Å². The van der Waals surface area contributed by atoms with Crippen molar-refractivity contribution in [3.8, 4) is 11.6 Å². The summed E-state index contributed by atoms with van der Waals surface area (Å²) in [5.74, 6) is -0.880. The predicted octanol–water partition coefficient (Wildman–Crippen LogP) is 4.02. The molecule has 2 rings (SSSR count). The second-order valence-electron chi connectivity index (χ2n) is 4.15. The molecule has 0 unspecified atom stereocenters. The number of ether oxygens (including phenoxy) is 1. The van der Waals surface area contributed by atoms with Gasteiger partial charge in [-0.15, -0.1) is 0 Å². The van der Waals surface area contributed by atoms with Crippen molar-refractivity contribution in [3.05, 3.63) is 38.5 Å². The van der Waals surface area contributed by atoms with E-state index in [0.29, 0.717) is 5.02 Å². The van der Waals surface area contributed by atoms with E-state index in [1.54, 1.807) is 13.8 Å². The SMILES string of the molecule is CCOC(=O)c1nn(-c2c(Cl)cc(Cl)cc2Cl)c(O)c1C. The van der Waals surface area contributed by atoms with E-state index in [4.69, 9.17) is 39.5 Å². The highest BCUT2D eigenvalue weighted by molar-refractivity contribution is 6.40. The third kappa shape index (κ3) is 2.95. The van der Waals surface area contributed by atoms with Crippen LogP contribution >= 0.6 is 34.8 Å². The summed E-state index contributed by atoms with van der Waals surface area (Å²) in [6.45, 7) is 3.42. The lowest BCUT2D eigenvalue weighted by Gasteiger charge is -2.08. The van der Waals surface area contributed by atoms with Gasteiger partial charge in [-0.05, 0) is 26.0 Å². The van der Waals surface area contributed by atoms with Crippen LogP contribution in [0.2, 0.25) is 15.1 Å². The van der Waals surface area contributed by atoms with Crippen molar-refractivity contribution < 1.29 is 14.6 Å². The molecule has 0 radical (unpaired) electrons. The monoisotopic (exact) mass is 348 g/mol. The smallest absolute Gasteiger partial charge is 0.359 e. The summed E-state index contributed by atoms with van der Waals surface area (Å²) in [5.41, 5.74) is 0.505. The summed E-state index contributed by atoms with van der Waals surface area (Å²) < 4.78 is 5.97. The molecule has 0 atom stereocenters.